The predicted octanol–water partition coefficient (Wildman–Crippen LogP) is 2.93. The summed E-state index contributed by atoms with van der Waals surface area (Å²) in [6.07, 6.45) is 0.0996. The minimum atomic E-state index is -0.934. The molecule has 0 N–H and O–H groups in total. The molecule has 1 aromatic carbocycles. The van der Waals surface area contributed by atoms with Crippen molar-refractivity contribution in [1.82, 2.24) is 9.80 Å². The third kappa shape index (κ3) is 4.64. The van der Waals surface area contributed by atoms with Crippen molar-refractivity contribution in [3.63, 3.8) is 0 Å². The summed E-state index contributed by atoms with van der Waals surface area (Å²) in [7, 11) is 2.94. The molecular weight excluding hydrogens is 360 g/mol. The highest BCUT2D eigenvalue weighted by Crippen LogP contribution is 2.34. The molecule has 1 heterocycles. The van der Waals surface area contributed by atoms with Crippen molar-refractivity contribution in [2.24, 2.45) is 0 Å². The number of hydrogen-bond donors (Lipinski definition) is 0. The second-order valence-electron chi connectivity index (χ2n) is 8.27. The zero-order valence-electron chi connectivity index (χ0n) is 17.5. The number of carbonyl (C=O) groups is 3. The Kier molecular flexibility index (Phi) is 6.37. The van der Waals surface area contributed by atoms with E-state index in [2.05, 4.69) is 0 Å². The molecule has 0 aliphatic carbocycles. The average Bonchev–Trinajstić information content (AvgIpc) is 2.58. The zero-order chi connectivity index (χ0) is 21.1. The number of nitrogens with zero attached hydrogens (tertiary/aromatic N) is 2. The fraction of sp³-hybridized carbons (Fsp3) is 0.571. The number of hydrogen-bond acceptors (Lipinski definition) is 5. The van der Waals surface area contributed by atoms with E-state index in [9.17, 15) is 14.4 Å². The van der Waals surface area contributed by atoms with Crippen molar-refractivity contribution in [2.45, 2.75) is 57.7 Å². The largest absolute Gasteiger partial charge is 0.467 e. The van der Waals surface area contributed by atoms with Crippen molar-refractivity contribution in [2.75, 3.05) is 20.7 Å². The fourth-order valence-corrected chi connectivity index (χ4v) is 3.21. The fourth-order valence-electron chi connectivity index (χ4n) is 3.21. The van der Waals surface area contributed by atoms with E-state index in [1.165, 1.54) is 16.9 Å². The van der Waals surface area contributed by atoms with E-state index >= 15 is 0 Å². The van der Waals surface area contributed by atoms with Gasteiger partial charge < -0.3 is 19.3 Å². The predicted molar refractivity (Wildman–Crippen MR) is 105 cm³/mol. The minimum Gasteiger partial charge on any atom is -0.467 e. The normalized spacial score (nSPS) is 18.5. The number of carbonyl (C=O) groups excluding carboxylic acids is 3. The maximum atomic E-state index is 13.0. The summed E-state index contributed by atoms with van der Waals surface area (Å²) in [5.74, 6) is -0.620. The molecule has 0 saturated carbocycles. The smallest absolute Gasteiger partial charge is 0.410 e. The lowest BCUT2D eigenvalue weighted by atomic mass is 9.85. The van der Waals surface area contributed by atoms with Crippen LogP contribution in [0.1, 0.15) is 46.1 Å². The van der Waals surface area contributed by atoms with E-state index in [1.807, 2.05) is 37.3 Å². The van der Waals surface area contributed by atoms with Crippen molar-refractivity contribution in [3.05, 3.63) is 35.9 Å². The molecule has 2 amide bonds. The Labute approximate surface area is 166 Å². The lowest BCUT2D eigenvalue weighted by Crippen LogP contribution is -2.58. The van der Waals surface area contributed by atoms with Crippen LogP contribution in [0.5, 0.6) is 0 Å². The monoisotopic (exact) mass is 390 g/mol. The molecule has 0 spiro atoms. The first kappa shape index (κ1) is 21.7. The summed E-state index contributed by atoms with van der Waals surface area (Å²) < 4.78 is 10.3. The Bertz CT molecular complexity index is 728. The van der Waals surface area contributed by atoms with Crippen LogP contribution in [-0.4, -0.2) is 60.1 Å². The lowest BCUT2D eigenvalue weighted by molar-refractivity contribution is -0.160. The second kappa shape index (κ2) is 8.20. The van der Waals surface area contributed by atoms with Crippen LogP contribution in [0.25, 0.3) is 0 Å². The van der Waals surface area contributed by atoms with Crippen molar-refractivity contribution in [3.8, 4) is 0 Å². The molecule has 0 aromatic heterocycles. The molecule has 2 atom stereocenters. The molecule has 154 valence electrons. The number of amides is 2. The van der Waals surface area contributed by atoms with Crippen LogP contribution in [0.2, 0.25) is 0 Å². The average molecular weight is 390 g/mol. The SMILES string of the molecule is COC(=O)C1CCN1C(=O)CC(C)(c1ccccc1)N(C)C(=O)OC(C)(C)C. The Morgan fingerprint density at radius 3 is 2.21 bits per heavy atom. The number of esters is 1. The molecule has 1 saturated heterocycles. The lowest BCUT2D eigenvalue weighted by Gasteiger charge is -2.44. The number of methoxy groups -OCH3 is 1. The van der Waals surface area contributed by atoms with Crippen LogP contribution in [-0.2, 0) is 24.6 Å². The van der Waals surface area contributed by atoms with E-state index in [-0.39, 0.29) is 12.3 Å². The van der Waals surface area contributed by atoms with Gasteiger partial charge in [0.05, 0.1) is 19.1 Å². The van der Waals surface area contributed by atoms with Gasteiger partial charge in [-0.3, -0.25) is 4.79 Å². The van der Waals surface area contributed by atoms with Crippen LogP contribution >= 0.6 is 0 Å². The first-order valence-corrected chi connectivity index (χ1v) is 9.39. The van der Waals surface area contributed by atoms with Gasteiger partial charge in [0.1, 0.15) is 11.6 Å². The van der Waals surface area contributed by atoms with Crippen molar-refractivity contribution >= 4 is 18.0 Å². The van der Waals surface area contributed by atoms with Crippen LogP contribution in [0.15, 0.2) is 30.3 Å². The maximum Gasteiger partial charge on any atom is 0.410 e. The standard InChI is InChI=1S/C21H30N2O5/c1-20(2,3)28-19(26)22(5)21(4,15-10-8-7-9-11-15)14-17(24)23-13-12-16(23)18(25)27-6/h7-11,16H,12-14H2,1-6H3. The Balaban J connectivity index is 2.28. The summed E-state index contributed by atoms with van der Waals surface area (Å²) in [6.45, 7) is 7.72. The van der Waals surface area contributed by atoms with E-state index < -0.39 is 29.2 Å². The topological polar surface area (TPSA) is 76.2 Å². The quantitative estimate of drug-likeness (QED) is 0.723. The van der Waals surface area contributed by atoms with Gasteiger partial charge in [-0.05, 0) is 39.7 Å². The molecule has 2 rings (SSSR count). The van der Waals surface area contributed by atoms with Gasteiger partial charge in [-0.25, -0.2) is 9.59 Å². The Morgan fingerprint density at radius 2 is 1.75 bits per heavy atom. The molecule has 7 heteroatoms. The summed E-state index contributed by atoms with van der Waals surface area (Å²) >= 11 is 0. The van der Waals surface area contributed by atoms with Crippen LogP contribution in [0.3, 0.4) is 0 Å². The third-order valence-electron chi connectivity index (χ3n) is 5.11. The van der Waals surface area contributed by atoms with Gasteiger partial charge in [0, 0.05) is 13.6 Å². The molecule has 0 bridgehead atoms. The molecule has 1 aliphatic heterocycles. The summed E-state index contributed by atoms with van der Waals surface area (Å²) in [6, 6.07) is 8.81. The van der Waals surface area contributed by atoms with Gasteiger partial charge in [-0.15, -0.1) is 0 Å². The number of ether oxygens (including phenoxy) is 2. The summed E-state index contributed by atoms with van der Waals surface area (Å²) in [5.41, 5.74) is -0.774. The molecular formula is C21H30N2O5. The second-order valence-corrected chi connectivity index (χ2v) is 8.27. The van der Waals surface area contributed by atoms with E-state index in [0.29, 0.717) is 13.0 Å². The van der Waals surface area contributed by atoms with Gasteiger partial charge in [0.25, 0.3) is 0 Å². The highest BCUT2D eigenvalue weighted by molar-refractivity contribution is 5.87. The molecule has 1 aliphatic rings. The Morgan fingerprint density at radius 1 is 1.14 bits per heavy atom. The van der Waals surface area contributed by atoms with E-state index in [1.54, 1.807) is 27.8 Å². The molecule has 0 radical (unpaired) electrons. The molecule has 7 nitrogen and oxygen atoms in total. The van der Waals surface area contributed by atoms with Gasteiger partial charge in [-0.1, -0.05) is 30.3 Å². The van der Waals surface area contributed by atoms with Crippen LogP contribution in [0.4, 0.5) is 4.79 Å². The summed E-state index contributed by atoms with van der Waals surface area (Å²) in [5, 5.41) is 0. The highest BCUT2D eigenvalue weighted by Gasteiger charge is 2.44. The zero-order valence-corrected chi connectivity index (χ0v) is 17.5. The first-order chi connectivity index (χ1) is 13.0. The van der Waals surface area contributed by atoms with Gasteiger partial charge in [0.15, 0.2) is 0 Å². The van der Waals surface area contributed by atoms with Gasteiger partial charge in [0.2, 0.25) is 5.91 Å². The number of likely N-dealkylation sites (tertiary alicyclic amines) is 1. The Hall–Kier alpha value is -2.57. The minimum absolute atomic E-state index is 0.0280. The molecule has 1 aromatic rings. The van der Waals surface area contributed by atoms with Crippen molar-refractivity contribution < 1.29 is 23.9 Å². The third-order valence-corrected chi connectivity index (χ3v) is 5.11. The summed E-state index contributed by atoms with van der Waals surface area (Å²) in [4.78, 5) is 40.5. The van der Waals surface area contributed by atoms with E-state index in [0.717, 1.165) is 5.56 Å². The van der Waals surface area contributed by atoms with Crippen molar-refractivity contribution in [1.29, 1.82) is 0 Å². The van der Waals surface area contributed by atoms with Gasteiger partial charge in [-0.2, -0.15) is 0 Å². The number of benzene rings is 1. The maximum absolute atomic E-state index is 13.0. The molecule has 1 fully saturated rings. The first-order valence-electron chi connectivity index (χ1n) is 9.39. The van der Waals surface area contributed by atoms with Gasteiger partial charge >= 0.3 is 12.1 Å². The number of rotatable bonds is 5. The van der Waals surface area contributed by atoms with E-state index in [4.69, 9.17) is 9.47 Å². The molecule has 28 heavy (non-hydrogen) atoms. The highest BCUT2D eigenvalue weighted by atomic mass is 16.6. The van der Waals surface area contributed by atoms with Crippen LogP contribution in [0, 0.1) is 0 Å². The van der Waals surface area contributed by atoms with Crippen LogP contribution < -0.4 is 0 Å². The molecule has 2 unspecified atom stereocenters.